The zero-order chi connectivity index (χ0) is 13.2. The molecule has 1 fully saturated rings. The highest BCUT2D eigenvalue weighted by atomic mass is 35.5. The molecule has 1 aromatic carbocycles. The molecule has 1 aliphatic carbocycles. The summed E-state index contributed by atoms with van der Waals surface area (Å²) in [5, 5.41) is 2.83. The fraction of sp³-hybridized carbons (Fsp3) is 0.500. The summed E-state index contributed by atoms with van der Waals surface area (Å²) in [7, 11) is 0. The molecule has 1 saturated carbocycles. The van der Waals surface area contributed by atoms with Crippen LogP contribution in [0.3, 0.4) is 0 Å². The third-order valence-electron chi connectivity index (χ3n) is 2.92. The molecule has 0 aliphatic heterocycles. The van der Waals surface area contributed by atoms with Crippen molar-refractivity contribution in [2.45, 2.75) is 32.2 Å². The number of rotatable bonds is 5. The lowest BCUT2D eigenvalue weighted by atomic mass is 10.2. The molecule has 19 heavy (non-hydrogen) atoms. The molecule has 0 spiro atoms. The van der Waals surface area contributed by atoms with E-state index in [1.54, 1.807) is 0 Å². The molecule has 0 saturated heterocycles. The van der Waals surface area contributed by atoms with Gasteiger partial charge in [-0.25, -0.2) is 0 Å². The number of nitrogens with one attached hydrogen (secondary N) is 1. The van der Waals surface area contributed by atoms with Crippen LogP contribution in [0, 0.1) is 5.92 Å². The van der Waals surface area contributed by atoms with Crippen molar-refractivity contribution in [3.8, 4) is 5.75 Å². The Labute approximate surface area is 120 Å². The third-order valence-corrected chi connectivity index (χ3v) is 2.92. The molecule has 2 rings (SSSR count). The molecular formula is C14H21ClN2O2. The molecular weight excluding hydrogens is 264 g/mol. The van der Waals surface area contributed by atoms with Gasteiger partial charge in [-0.1, -0.05) is 19.9 Å². The monoisotopic (exact) mass is 284 g/mol. The number of hydrogen-bond acceptors (Lipinski definition) is 3. The summed E-state index contributed by atoms with van der Waals surface area (Å²) in [6.45, 7) is 4.85. The topological polar surface area (TPSA) is 64.3 Å². The first kappa shape index (κ1) is 15.8. The van der Waals surface area contributed by atoms with Crippen LogP contribution >= 0.6 is 12.4 Å². The number of hydrogen-bond donors (Lipinski definition) is 2. The predicted molar refractivity (Wildman–Crippen MR) is 78.8 cm³/mol. The van der Waals surface area contributed by atoms with E-state index in [0.29, 0.717) is 12.5 Å². The Morgan fingerprint density at radius 3 is 2.74 bits per heavy atom. The second kappa shape index (κ2) is 6.26. The van der Waals surface area contributed by atoms with E-state index in [2.05, 4.69) is 19.2 Å². The van der Waals surface area contributed by atoms with Crippen LogP contribution in [0.15, 0.2) is 24.3 Å². The summed E-state index contributed by atoms with van der Waals surface area (Å²) < 4.78 is 5.61. The zero-order valence-electron chi connectivity index (χ0n) is 11.3. The number of halogens is 1. The maximum atomic E-state index is 11.8. The van der Waals surface area contributed by atoms with Crippen LogP contribution in [0.5, 0.6) is 5.75 Å². The summed E-state index contributed by atoms with van der Waals surface area (Å²) in [5.74, 6) is 1.13. The Balaban J connectivity index is 0.00000180. The second-order valence-electron chi connectivity index (χ2n) is 5.34. The van der Waals surface area contributed by atoms with Gasteiger partial charge in [-0.2, -0.15) is 0 Å². The predicted octanol–water partition coefficient (Wildman–Crippen LogP) is 2.57. The van der Waals surface area contributed by atoms with Gasteiger partial charge in [-0.3, -0.25) is 4.79 Å². The highest BCUT2D eigenvalue weighted by Gasteiger charge is 2.45. The molecule has 0 atom stereocenters. The molecule has 4 nitrogen and oxygen atoms in total. The third kappa shape index (κ3) is 4.40. The smallest absolute Gasteiger partial charge is 0.244 e. The Bertz CT molecular complexity index is 445. The van der Waals surface area contributed by atoms with Gasteiger partial charge in [0.2, 0.25) is 5.91 Å². The van der Waals surface area contributed by atoms with Gasteiger partial charge < -0.3 is 15.8 Å². The molecule has 0 radical (unpaired) electrons. The maximum Gasteiger partial charge on any atom is 0.244 e. The first-order chi connectivity index (χ1) is 8.49. The fourth-order valence-corrected chi connectivity index (χ4v) is 1.54. The minimum Gasteiger partial charge on any atom is -0.493 e. The van der Waals surface area contributed by atoms with Crippen molar-refractivity contribution in [1.29, 1.82) is 0 Å². The van der Waals surface area contributed by atoms with Crippen LogP contribution in [0.2, 0.25) is 0 Å². The van der Waals surface area contributed by atoms with E-state index in [-0.39, 0.29) is 18.3 Å². The summed E-state index contributed by atoms with van der Waals surface area (Å²) in [5.41, 5.74) is 5.92. The summed E-state index contributed by atoms with van der Waals surface area (Å²) >= 11 is 0. The Hall–Kier alpha value is -1.26. The van der Waals surface area contributed by atoms with Crippen LogP contribution in [0.25, 0.3) is 0 Å². The first-order valence-electron chi connectivity index (χ1n) is 6.33. The molecule has 106 valence electrons. The van der Waals surface area contributed by atoms with E-state index in [1.807, 2.05) is 24.3 Å². The number of benzene rings is 1. The van der Waals surface area contributed by atoms with Gasteiger partial charge in [0.25, 0.3) is 0 Å². The van der Waals surface area contributed by atoms with Gasteiger partial charge in [-0.15, -0.1) is 12.4 Å². The normalized spacial score (nSPS) is 15.6. The lowest BCUT2D eigenvalue weighted by Gasteiger charge is -2.12. The first-order valence-corrected chi connectivity index (χ1v) is 6.33. The molecule has 1 aliphatic rings. The standard InChI is InChI=1S/C14H20N2O2.ClH/c1-10(2)9-18-12-5-3-4-11(8-12)16-13(17)14(15)6-7-14;/h3-5,8,10H,6-7,9,15H2,1-2H3,(H,16,17);1H. The molecule has 0 unspecified atom stereocenters. The Morgan fingerprint density at radius 2 is 2.16 bits per heavy atom. The average molecular weight is 285 g/mol. The van der Waals surface area contributed by atoms with Crippen molar-refractivity contribution in [2.24, 2.45) is 11.7 Å². The summed E-state index contributed by atoms with van der Waals surface area (Å²) in [6.07, 6.45) is 1.53. The number of amides is 1. The van der Waals surface area contributed by atoms with Crippen molar-refractivity contribution in [3.05, 3.63) is 24.3 Å². The van der Waals surface area contributed by atoms with Crippen molar-refractivity contribution < 1.29 is 9.53 Å². The zero-order valence-corrected chi connectivity index (χ0v) is 12.1. The van der Waals surface area contributed by atoms with E-state index in [0.717, 1.165) is 24.3 Å². The van der Waals surface area contributed by atoms with Crippen molar-refractivity contribution in [3.63, 3.8) is 0 Å². The van der Waals surface area contributed by atoms with E-state index in [4.69, 9.17) is 10.5 Å². The average Bonchev–Trinajstić information content (AvgIpc) is 3.07. The van der Waals surface area contributed by atoms with Crippen LogP contribution in [0.4, 0.5) is 5.69 Å². The minimum atomic E-state index is -0.644. The van der Waals surface area contributed by atoms with E-state index < -0.39 is 5.54 Å². The molecule has 3 N–H and O–H groups in total. The highest BCUT2D eigenvalue weighted by Crippen LogP contribution is 2.33. The van der Waals surface area contributed by atoms with Crippen molar-refractivity contribution in [1.82, 2.24) is 0 Å². The number of anilines is 1. The molecule has 0 bridgehead atoms. The maximum absolute atomic E-state index is 11.8. The van der Waals surface area contributed by atoms with Crippen molar-refractivity contribution in [2.75, 3.05) is 11.9 Å². The van der Waals surface area contributed by atoms with E-state index in [9.17, 15) is 4.79 Å². The number of nitrogens with two attached hydrogens (primary N) is 1. The van der Waals surface area contributed by atoms with Crippen LogP contribution in [-0.2, 0) is 4.79 Å². The number of carbonyl (C=O) groups is 1. The van der Waals surface area contributed by atoms with Crippen LogP contribution < -0.4 is 15.8 Å². The minimum absolute atomic E-state index is 0. The SMILES string of the molecule is CC(C)COc1cccc(NC(=O)C2(N)CC2)c1.Cl. The number of ether oxygens (including phenoxy) is 1. The quantitative estimate of drug-likeness (QED) is 0.873. The largest absolute Gasteiger partial charge is 0.493 e. The second-order valence-corrected chi connectivity index (χ2v) is 5.34. The molecule has 1 aromatic rings. The molecule has 0 aromatic heterocycles. The van der Waals surface area contributed by atoms with Gasteiger partial charge in [0.15, 0.2) is 0 Å². The molecule has 0 heterocycles. The lowest BCUT2D eigenvalue weighted by Crippen LogP contribution is -2.37. The molecule has 1 amide bonds. The molecule has 5 heteroatoms. The van der Waals surface area contributed by atoms with Gasteiger partial charge in [0.1, 0.15) is 5.75 Å². The Kier molecular flexibility index (Phi) is 5.20. The Morgan fingerprint density at radius 1 is 1.47 bits per heavy atom. The highest BCUT2D eigenvalue weighted by molar-refractivity contribution is 6.00. The van der Waals surface area contributed by atoms with Gasteiger partial charge >= 0.3 is 0 Å². The van der Waals surface area contributed by atoms with E-state index in [1.165, 1.54) is 0 Å². The van der Waals surface area contributed by atoms with Gasteiger partial charge in [0, 0.05) is 11.8 Å². The summed E-state index contributed by atoms with van der Waals surface area (Å²) in [4.78, 5) is 11.8. The summed E-state index contributed by atoms with van der Waals surface area (Å²) in [6, 6.07) is 7.41. The van der Waals surface area contributed by atoms with Crippen molar-refractivity contribution >= 4 is 24.0 Å². The van der Waals surface area contributed by atoms with Gasteiger partial charge in [-0.05, 0) is 30.9 Å². The van der Waals surface area contributed by atoms with Gasteiger partial charge in [0.05, 0.1) is 12.1 Å². The number of carbonyl (C=O) groups excluding carboxylic acids is 1. The van der Waals surface area contributed by atoms with E-state index >= 15 is 0 Å². The lowest BCUT2D eigenvalue weighted by molar-refractivity contribution is -0.118. The fourth-order valence-electron chi connectivity index (χ4n) is 1.54. The van der Waals surface area contributed by atoms with Crippen LogP contribution in [0.1, 0.15) is 26.7 Å². The van der Waals surface area contributed by atoms with Crippen LogP contribution in [-0.4, -0.2) is 18.1 Å².